The van der Waals surface area contributed by atoms with Gasteiger partial charge in [0, 0.05) is 39.5 Å². The minimum absolute atomic E-state index is 0. The molecule has 0 aliphatic rings. The van der Waals surface area contributed by atoms with Crippen LogP contribution in [0, 0.1) is 6.20 Å². The molecular weight excluding hydrogens is 344 g/mol. The molecule has 2 aromatic heterocycles. The van der Waals surface area contributed by atoms with E-state index in [9.17, 15) is 0 Å². The number of rotatable bonds is 1. The Hall–Kier alpha value is -0.931. The van der Waals surface area contributed by atoms with Crippen molar-refractivity contribution >= 4 is 0 Å². The molecule has 0 unspecified atom stereocenters. The van der Waals surface area contributed by atoms with Crippen molar-refractivity contribution in [2.24, 2.45) is 14.1 Å². The second kappa shape index (κ2) is 3.85. The number of aryl methyl sites for hydroxylation is 2. The second-order valence-electron chi connectivity index (χ2n) is 2.68. The minimum Gasteiger partial charge on any atom is -0.446 e. The van der Waals surface area contributed by atoms with Crippen LogP contribution in [0.5, 0.6) is 0 Å². The zero-order chi connectivity index (χ0) is 8.55. The van der Waals surface area contributed by atoms with E-state index in [1.54, 1.807) is 17.1 Å². The maximum absolute atomic E-state index is 4.16. The van der Waals surface area contributed by atoms with Crippen LogP contribution in [0.15, 0.2) is 18.7 Å². The summed E-state index contributed by atoms with van der Waals surface area (Å²) in [6.07, 6.45) is 8.39. The van der Waals surface area contributed by atoms with Gasteiger partial charge in [0.2, 0.25) is 0 Å². The van der Waals surface area contributed by atoms with Gasteiger partial charge in [-0.3, -0.25) is 4.98 Å². The van der Waals surface area contributed by atoms with Gasteiger partial charge in [-0.15, -0.1) is 0 Å². The van der Waals surface area contributed by atoms with Gasteiger partial charge < -0.3 is 14.1 Å². The van der Waals surface area contributed by atoms with Gasteiger partial charge in [-0.2, -0.15) is 0 Å². The molecule has 2 aromatic rings. The molecule has 0 atom stereocenters. The van der Waals surface area contributed by atoms with Crippen molar-refractivity contribution in [2.45, 2.75) is 0 Å². The SMILES string of the molecule is Cn1[c-]c(-c2nccn2C)nc1.[Ir]. The van der Waals surface area contributed by atoms with Crippen molar-refractivity contribution in [2.75, 3.05) is 0 Å². The van der Waals surface area contributed by atoms with Crippen molar-refractivity contribution < 1.29 is 20.1 Å². The summed E-state index contributed by atoms with van der Waals surface area (Å²) in [7, 11) is 3.82. The van der Waals surface area contributed by atoms with Crippen LogP contribution in [0.25, 0.3) is 11.5 Å². The molecule has 0 saturated carbocycles. The summed E-state index contributed by atoms with van der Waals surface area (Å²) in [5.74, 6) is 0.843. The van der Waals surface area contributed by atoms with E-state index < -0.39 is 0 Å². The van der Waals surface area contributed by atoms with Crippen molar-refractivity contribution in [3.63, 3.8) is 0 Å². The first-order valence-electron chi connectivity index (χ1n) is 3.65. The number of hydrogen-bond acceptors (Lipinski definition) is 2. The molecule has 13 heavy (non-hydrogen) atoms. The fourth-order valence-corrected chi connectivity index (χ4v) is 1.07. The fraction of sp³-hybridized carbons (Fsp3) is 0.250. The molecule has 2 rings (SSSR count). The molecule has 0 aliphatic heterocycles. The molecule has 0 aromatic carbocycles. The van der Waals surface area contributed by atoms with Crippen LogP contribution in [-0.2, 0) is 34.2 Å². The molecule has 0 bridgehead atoms. The van der Waals surface area contributed by atoms with Crippen molar-refractivity contribution in [1.29, 1.82) is 0 Å². The number of nitrogens with zero attached hydrogens (tertiary/aromatic N) is 4. The van der Waals surface area contributed by atoms with Crippen LogP contribution in [-0.4, -0.2) is 19.1 Å². The van der Waals surface area contributed by atoms with Gasteiger partial charge in [-0.1, -0.05) is 6.20 Å². The summed E-state index contributed by atoms with van der Waals surface area (Å²) in [4.78, 5) is 8.30. The zero-order valence-electron chi connectivity index (χ0n) is 7.35. The summed E-state index contributed by atoms with van der Waals surface area (Å²) in [5.41, 5.74) is 0.782. The molecule has 0 fully saturated rings. The first-order valence-corrected chi connectivity index (χ1v) is 3.65. The number of hydrogen-bond donors (Lipinski definition) is 0. The Bertz CT molecular complexity index is 390. The molecule has 71 valence electrons. The summed E-state index contributed by atoms with van der Waals surface area (Å²) in [6, 6.07) is 0. The summed E-state index contributed by atoms with van der Waals surface area (Å²) in [5, 5.41) is 0. The Morgan fingerprint density at radius 2 is 2.08 bits per heavy atom. The average Bonchev–Trinajstić information content (AvgIpc) is 2.58. The largest absolute Gasteiger partial charge is 0.446 e. The molecule has 1 radical (unpaired) electrons. The molecule has 5 heteroatoms. The predicted octanol–water partition coefficient (Wildman–Crippen LogP) is 0.618. The van der Waals surface area contributed by atoms with E-state index in [4.69, 9.17) is 0 Å². The third-order valence-electron chi connectivity index (χ3n) is 1.68. The Labute approximate surface area is 90.0 Å². The Balaban J connectivity index is 0.000000845. The van der Waals surface area contributed by atoms with E-state index in [-0.39, 0.29) is 20.1 Å². The third kappa shape index (κ3) is 1.87. The average molecular weight is 353 g/mol. The first-order chi connectivity index (χ1) is 5.77. The van der Waals surface area contributed by atoms with E-state index in [1.165, 1.54) is 0 Å². The second-order valence-corrected chi connectivity index (χ2v) is 2.68. The smallest absolute Gasteiger partial charge is 0.0570 e. The molecule has 0 spiro atoms. The molecule has 0 N–H and O–H groups in total. The molecule has 0 amide bonds. The van der Waals surface area contributed by atoms with Gasteiger partial charge in [0.25, 0.3) is 0 Å². The van der Waals surface area contributed by atoms with E-state index >= 15 is 0 Å². The molecule has 0 saturated heterocycles. The molecule has 4 nitrogen and oxygen atoms in total. The van der Waals surface area contributed by atoms with Crippen LogP contribution in [0.4, 0.5) is 0 Å². The van der Waals surface area contributed by atoms with E-state index in [1.807, 2.05) is 24.9 Å². The third-order valence-corrected chi connectivity index (χ3v) is 1.68. The van der Waals surface area contributed by atoms with Crippen LogP contribution in [0.1, 0.15) is 0 Å². The van der Waals surface area contributed by atoms with Crippen LogP contribution < -0.4 is 0 Å². The monoisotopic (exact) mass is 354 g/mol. The van der Waals surface area contributed by atoms with Gasteiger partial charge in [-0.05, 0) is 19.1 Å². The standard InChI is InChI=1S/C8H9N4.Ir/c1-11-5-7(10-6-11)8-9-3-4-12(8)2;/h3-4,6H,1-2H3;/q-1;. The summed E-state index contributed by atoms with van der Waals surface area (Å²) in [6.45, 7) is 0. The molecular formula is C8H9IrN4-. The Morgan fingerprint density at radius 1 is 1.31 bits per heavy atom. The van der Waals surface area contributed by atoms with Crippen molar-refractivity contribution in [3.8, 4) is 11.5 Å². The molecule has 2 heterocycles. The number of imidazole rings is 2. The van der Waals surface area contributed by atoms with Crippen LogP contribution in [0.3, 0.4) is 0 Å². The Morgan fingerprint density at radius 3 is 2.54 bits per heavy atom. The van der Waals surface area contributed by atoms with Crippen molar-refractivity contribution in [3.05, 3.63) is 24.9 Å². The topological polar surface area (TPSA) is 35.6 Å². The number of aromatic nitrogens is 4. The fourth-order valence-electron chi connectivity index (χ4n) is 1.07. The Kier molecular flexibility index (Phi) is 3.01. The first kappa shape index (κ1) is 10.2. The van der Waals surface area contributed by atoms with Crippen LogP contribution >= 0.6 is 0 Å². The normalized spacial score (nSPS) is 9.69. The van der Waals surface area contributed by atoms with Crippen molar-refractivity contribution in [1.82, 2.24) is 19.1 Å². The van der Waals surface area contributed by atoms with Gasteiger partial charge in [0.15, 0.2) is 0 Å². The quantitative estimate of drug-likeness (QED) is 0.705. The summed E-state index contributed by atoms with van der Waals surface area (Å²) < 4.78 is 3.70. The van der Waals surface area contributed by atoms with Gasteiger partial charge in [0.05, 0.1) is 5.82 Å². The summed E-state index contributed by atoms with van der Waals surface area (Å²) >= 11 is 0. The van der Waals surface area contributed by atoms with Gasteiger partial charge in [0.1, 0.15) is 0 Å². The van der Waals surface area contributed by atoms with E-state index in [0.29, 0.717) is 0 Å². The molecule has 0 aliphatic carbocycles. The van der Waals surface area contributed by atoms with Crippen LogP contribution in [0.2, 0.25) is 0 Å². The van der Waals surface area contributed by atoms with E-state index in [2.05, 4.69) is 16.2 Å². The van der Waals surface area contributed by atoms with E-state index in [0.717, 1.165) is 11.5 Å². The van der Waals surface area contributed by atoms with Gasteiger partial charge >= 0.3 is 0 Å². The predicted molar refractivity (Wildman–Crippen MR) is 44.2 cm³/mol. The maximum Gasteiger partial charge on any atom is 0.0570 e. The maximum atomic E-state index is 4.16. The zero-order valence-corrected chi connectivity index (χ0v) is 9.75. The van der Waals surface area contributed by atoms with Gasteiger partial charge in [-0.25, -0.2) is 0 Å². The minimum atomic E-state index is 0.